The Morgan fingerprint density at radius 1 is 0.473 bits per heavy atom. The van der Waals surface area contributed by atoms with Crippen LogP contribution in [-0.2, 0) is 5.41 Å². The summed E-state index contributed by atoms with van der Waals surface area (Å²) in [5, 5.41) is 6.34. The van der Waals surface area contributed by atoms with E-state index in [0.717, 1.165) is 22.5 Å². The quantitative estimate of drug-likeness (QED) is 0.179. The normalized spacial score (nSPS) is 14.1. The van der Waals surface area contributed by atoms with Crippen LogP contribution in [0.3, 0.4) is 0 Å². The number of benzene rings is 8. The van der Waals surface area contributed by atoms with Gasteiger partial charge in [0.15, 0.2) is 0 Å². The van der Waals surface area contributed by atoms with Crippen molar-refractivity contribution in [3.8, 4) is 39.2 Å². The SMILES string of the molecule is CC1(C)c2ccccc2-c2cc3c(C4c5ccccc5-c5ccccc54)cc(-c4ccc(-n5c6ccccc6c6c7ccccc7ccc65)cc4)nc3cc21. The lowest BCUT2D eigenvalue weighted by Crippen LogP contribution is -2.15. The second-order valence-electron chi connectivity index (χ2n) is 15.9. The molecule has 2 aromatic heterocycles. The summed E-state index contributed by atoms with van der Waals surface area (Å²) >= 11 is 0. The molecule has 2 heterocycles. The molecule has 0 saturated heterocycles. The molecule has 55 heavy (non-hydrogen) atoms. The van der Waals surface area contributed by atoms with Gasteiger partial charge in [0.1, 0.15) is 0 Å². The number of rotatable bonds is 3. The topological polar surface area (TPSA) is 17.8 Å². The number of aromatic nitrogens is 2. The van der Waals surface area contributed by atoms with Crippen molar-refractivity contribution in [1.29, 1.82) is 0 Å². The zero-order valence-corrected chi connectivity index (χ0v) is 30.7. The highest BCUT2D eigenvalue weighted by Crippen LogP contribution is 2.53. The van der Waals surface area contributed by atoms with Crippen LogP contribution >= 0.6 is 0 Å². The van der Waals surface area contributed by atoms with E-state index >= 15 is 0 Å². The Hall–Kier alpha value is -6.77. The van der Waals surface area contributed by atoms with Crippen LogP contribution in [0.5, 0.6) is 0 Å². The number of hydrogen-bond donors (Lipinski definition) is 0. The van der Waals surface area contributed by atoms with Crippen LogP contribution in [0.25, 0.3) is 82.7 Å². The van der Waals surface area contributed by atoms with Crippen molar-refractivity contribution >= 4 is 43.5 Å². The zero-order valence-electron chi connectivity index (χ0n) is 30.7. The molecule has 0 fully saturated rings. The molecule has 0 bridgehead atoms. The minimum Gasteiger partial charge on any atom is -0.309 e. The average molecular weight is 701 g/mol. The monoisotopic (exact) mass is 700 g/mol. The van der Waals surface area contributed by atoms with Crippen molar-refractivity contribution in [2.45, 2.75) is 25.2 Å². The fourth-order valence-corrected chi connectivity index (χ4v) is 10.1. The second kappa shape index (κ2) is 11.1. The molecule has 8 aromatic carbocycles. The van der Waals surface area contributed by atoms with E-state index < -0.39 is 0 Å². The molecule has 258 valence electrons. The van der Waals surface area contributed by atoms with Crippen LogP contribution in [0.2, 0.25) is 0 Å². The van der Waals surface area contributed by atoms with Crippen LogP contribution < -0.4 is 0 Å². The summed E-state index contributed by atoms with van der Waals surface area (Å²) in [7, 11) is 0. The van der Waals surface area contributed by atoms with Crippen molar-refractivity contribution in [2.75, 3.05) is 0 Å². The lowest BCUT2D eigenvalue weighted by atomic mass is 9.81. The van der Waals surface area contributed by atoms with Gasteiger partial charge >= 0.3 is 0 Å². The first-order chi connectivity index (χ1) is 27.0. The average Bonchev–Trinajstić information content (AvgIpc) is 3.83. The van der Waals surface area contributed by atoms with E-state index in [2.05, 4.69) is 194 Å². The minimum absolute atomic E-state index is 0.103. The first kappa shape index (κ1) is 30.7. The summed E-state index contributed by atoms with van der Waals surface area (Å²) in [6.45, 7) is 4.71. The molecule has 0 spiro atoms. The van der Waals surface area contributed by atoms with Crippen molar-refractivity contribution in [2.24, 2.45) is 0 Å². The van der Waals surface area contributed by atoms with Gasteiger partial charge < -0.3 is 4.57 Å². The molecule has 2 nitrogen and oxygen atoms in total. The third-order valence-electron chi connectivity index (χ3n) is 12.7. The predicted octanol–water partition coefficient (Wildman–Crippen LogP) is 13.6. The molecule has 0 amide bonds. The number of hydrogen-bond acceptors (Lipinski definition) is 1. The molecule has 0 saturated carbocycles. The Labute approximate surface area is 320 Å². The molecule has 2 aliphatic carbocycles. The lowest BCUT2D eigenvalue weighted by molar-refractivity contribution is 0.661. The molecular weight excluding hydrogens is 665 g/mol. The first-order valence-corrected chi connectivity index (χ1v) is 19.3. The standard InChI is InChI=1S/C53H36N2/c1-53(2)45-21-11-9-17-38(45)42-29-43-44(51-39-18-7-5-15-36(39)37-16-6-8-19-40(37)51)30-47(54-48(43)31-46(42)53)33-23-26-34(27-24-33)55-49-22-12-10-20-41(49)52-35-14-4-3-13-32(35)25-28-50(52)55/h3-31,51H,1-2H3. The molecule has 2 heteroatoms. The maximum absolute atomic E-state index is 5.51. The summed E-state index contributed by atoms with van der Waals surface area (Å²) in [6.07, 6.45) is 0. The first-order valence-electron chi connectivity index (χ1n) is 19.3. The number of para-hydroxylation sites is 1. The summed E-state index contributed by atoms with van der Waals surface area (Å²) in [4.78, 5) is 5.51. The highest BCUT2D eigenvalue weighted by molar-refractivity contribution is 6.21. The molecule has 12 rings (SSSR count). The Bertz CT molecular complexity index is 3190. The number of nitrogens with zero attached hydrogens (tertiary/aromatic N) is 2. The highest BCUT2D eigenvalue weighted by atomic mass is 15.0. The molecule has 10 aromatic rings. The molecule has 0 atom stereocenters. The number of pyridine rings is 1. The molecular formula is C53H36N2. The lowest BCUT2D eigenvalue weighted by Gasteiger charge is -2.23. The van der Waals surface area contributed by atoms with Gasteiger partial charge in [-0.15, -0.1) is 0 Å². The van der Waals surface area contributed by atoms with Gasteiger partial charge in [-0.3, -0.25) is 0 Å². The maximum Gasteiger partial charge on any atom is 0.0716 e. The van der Waals surface area contributed by atoms with Gasteiger partial charge in [-0.05, 0) is 103 Å². The predicted molar refractivity (Wildman–Crippen MR) is 229 cm³/mol. The van der Waals surface area contributed by atoms with Crippen molar-refractivity contribution in [1.82, 2.24) is 9.55 Å². The van der Waals surface area contributed by atoms with E-state index in [1.807, 2.05) is 0 Å². The Morgan fingerprint density at radius 3 is 1.91 bits per heavy atom. The van der Waals surface area contributed by atoms with Gasteiger partial charge in [-0.25, -0.2) is 4.98 Å². The summed E-state index contributed by atoms with van der Waals surface area (Å²) in [5.74, 6) is 0.103. The van der Waals surface area contributed by atoms with Crippen LogP contribution in [0.1, 0.15) is 47.6 Å². The number of fused-ring (bicyclic) bond motifs is 12. The smallest absolute Gasteiger partial charge is 0.0716 e. The van der Waals surface area contributed by atoms with E-state index in [9.17, 15) is 0 Å². The third kappa shape index (κ3) is 4.22. The third-order valence-corrected chi connectivity index (χ3v) is 12.7. The van der Waals surface area contributed by atoms with E-state index in [0.29, 0.717) is 0 Å². The second-order valence-corrected chi connectivity index (χ2v) is 15.9. The van der Waals surface area contributed by atoms with E-state index in [4.69, 9.17) is 4.98 Å². The van der Waals surface area contributed by atoms with Crippen LogP contribution in [0, 0.1) is 0 Å². The Balaban J connectivity index is 1.08. The van der Waals surface area contributed by atoms with Gasteiger partial charge in [-0.2, -0.15) is 0 Å². The van der Waals surface area contributed by atoms with Crippen LogP contribution in [-0.4, -0.2) is 9.55 Å². The van der Waals surface area contributed by atoms with Crippen LogP contribution in [0.15, 0.2) is 176 Å². The highest BCUT2D eigenvalue weighted by Gasteiger charge is 2.37. The molecule has 2 aliphatic rings. The van der Waals surface area contributed by atoms with Gasteiger partial charge in [0, 0.05) is 38.7 Å². The van der Waals surface area contributed by atoms with Gasteiger partial charge in [0.2, 0.25) is 0 Å². The van der Waals surface area contributed by atoms with Crippen molar-refractivity contribution in [3.63, 3.8) is 0 Å². The van der Waals surface area contributed by atoms with E-state index in [-0.39, 0.29) is 11.3 Å². The Morgan fingerprint density at radius 2 is 1.13 bits per heavy atom. The van der Waals surface area contributed by atoms with Gasteiger partial charge in [0.25, 0.3) is 0 Å². The minimum atomic E-state index is -0.111. The summed E-state index contributed by atoms with van der Waals surface area (Å²) in [5.41, 5.74) is 18.7. The zero-order chi connectivity index (χ0) is 36.4. The van der Waals surface area contributed by atoms with Crippen molar-refractivity contribution < 1.29 is 0 Å². The summed E-state index contributed by atoms with van der Waals surface area (Å²) in [6, 6.07) is 65.2. The molecule has 0 aliphatic heterocycles. The molecule has 0 radical (unpaired) electrons. The summed E-state index contributed by atoms with van der Waals surface area (Å²) < 4.78 is 2.41. The van der Waals surface area contributed by atoms with Gasteiger partial charge in [-0.1, -0.05) is 147 Å². The van der Waals surface area contributed by atoms with E-state index in [1.54, 1.807) is 0 Å². The molecule has 0 N–H and O–H groups in total. The van der Waals surface area contributed by atoms with E-state index in [1.165, 1.54) is 88.0 Å². The van der Waals surface area contributed by atoms with Crippen LogP contribution in [0.4, 0.5) is 0 Å². The largest absolute Gasteiger partial charge is 0.309 e. The fourth-order valence-electron chi connectivity index (χ4n) is 10.1. The maximum atomic E-state index is 5.51. The van der Waals surface area contributed by atoms with Gasteiger partial charge in [0.05, 0.1) is 22.2 Å². The molecule has 0 unspecified atom stereocenters. The fraction of sp³-hybridized carbons (Fsp3) is 0.0755. The Kier molecular flexibility index (Phi) is 6.21. The van der Waals surface area contributed by atoms with Crippen molar-refractivity contribution in [3.05, 3.63) is 204 Å².